The first-order valence-electron chi connectivity index (χ1n) is 8.71. The molecule has 1 amide bonds. The molecule has 0 aliphatic rings. The molecule has 4 nitrogen and oxygen atoms in total. The van der Waals surface area contributed by atoms with Gasteiger partial charge in [-0.05, 0) is 55.5 Å². The van der Waals surface area contributed by atoms with Crippen LogP contribution >= 0.6 is 11.6 Å². The number of hydrogen-bond donors (Lipinski definition) is 1. The molecule has 4 rings (SSSR count). The van der Waals surface area contributed by atoms with Gasteiger partial charge in [0.15, 0.2) is 5.43 Å². The summed E-state index contributed by atoms with van der Waals surface area (Å²) < 4.78 is 5.91. The van der Waals surface area contributed by atoms with Crippen molar-refractivity contribution in [3.05, 3.63) is 99.2 Å². The number of rotatable bonds is 3. The molecule has 5 heteroatoms. The second-order valence-corrected chi connectivity index (χ2v) is 6.95. The Hall–Kier alpha value is -3.37. The molecular formula is C23H16ClNO3. The van der Waals surface area contributed by atoms with Gasteiger partial charge in [0.05, 0.1) is 5.39 Å². The van der Waals surface area contributed by atoms with E-state index in [9.17, 15) is 9.59 Å². The predicted octanol–water partition coefficient (Wildman–Crippen LogP) is 5.67. The Morgan fingerprint density at radius 2 is 1.75 bits per heavy atom. The highest BCUT2D eigenvalue weighted by molar-refractivity contribution is 6.30. The fourth-order valence-corrected chi connectivity index (χ4v) is 3.11. The standard InChI is InChI=1S/C23H16ClNO3/c1-14-3-2-4-16(11-14)22-13-20(26)19-12-18(9-10-21(19)28-22)25-23(27)15-5-7-17(24)8-6-15/h2-13H,1H3,(H,25,27). The van der Waals surface area contributed by atoms with Gasteiger partial charge >= 0.3 is 0 Å². The first-order chi connectivity index (χ1) is 13.5. The lowest BCUT2D eigenvalue weighted by Crippen LogP contribution is -2.12. The zero-order chi connectivity index (χ0) is 19.7. The number of fused-ring (bicyclic) bond motifs is 1. The summed E-state index contributed by atoms with van der Waals surface area (Å²) in [5.74, 6) is 0.232. The van der Waals surface area contributed by atoms with Crippen LogP contribution in [0.3, 0.4) is 0 Å². The molecular weight excluding hydrogens is 374 g/mol. The lowest BCUT2D eigenvalue weighted by Gasteiger charge is -2.08. The molecule has 0 spiro atoms. The fraction of sp³-hybridized carbons (Fsp3) is 0.0435. The highest BCUT2D eigenvalue weighted by Crippen LogP contribution is 2.25. The Bertz CT molecular complexity index is 1240. The lowest BCUT2D eigenvalue weighted by molar-refractivity contribution is 0.102. The molecule has 0 aliphatic carbocycles. The summed E-state index contributed by atoms with van der Waals surface area (Å²) in [4.78, 5) is 25.0. The third-order valence-electron chi connectivity index (χ3n) is 4.39. The first kappa shape index (κ1) is 18.0. The Balaban J connectivity index is 1.67. The van der Waals surface area contributed by atoms with E-state index < -0.39 is 0 Å². The van der Waals surface area contributed by atoms with Gasteiger partial charge in [0.1, 0.15) is 11.3 Å². The molecule has 28 heavy (non-hydrogen) atoms. The summed E-state index contributed by atoms with van der Waals surface area (Å²) in [5, 5.41) is 3.76. The summed E-state index contributed by atoms with van der Waals surface area (Å²) in [7, 11) is 0. The molecule has 0 atom stereocenters. The van der Waals surface area contributed by atoms with E-state index in [1.807, 2.05) is 31.2 Å². The van der Waals surface area contributed by atoms with Gasteiger partial charge in [0.25, 0.3) is 5.91 Å². The number of hydrogen-bond acceptors (Lipinski definition) is 3. The molecule has 0 bridgehead atoms. The van der Waals surface area contributed by atoms with Crippen molar-refractivity contribution in [3.8, 4) is 11.3 Å². The largest absolute Gasteiger partial charge is 0.456 e. The SMILES string of the molecule is Cc1cccc(-c2cc(=O)c3cc(NC(=O)c4ccc(Cl)cc4)ccc3o2)c1. The summed E-state index contributed by atoms with van der Waals surface area (Å²) in [6.45, 7) is 1.98. The summed E-state index contributed by atoms with van der Waals surface area (Å²) in [6, 6.07) is 20.8. The zero-order valence-corrected chi connectivity index (χ0v) is 15.8. The topological polar surface area (TPSA) is 59.3 Å². The summed E-state index contributed by atoms with van der Waals surface area (Å²) >= 11 is 5.85. The van der Waals surface area contributed by atoms with Crippen LogP contribution in [0.15, 0.2) is 82.0 Å². The van der Waals surface area contributed by atoms with Crippen LogP contribution in [-0.2, 0) is 0 Å². The average Bonchev–Trinajstić information content (AvgIpc) is 2.69. The van der Waals surface area contributed by atoms with Gasteiger partial charge in [0, 0.05) is 27.9 Å². The van der Waals surface area contributed by atoms with E-state index in [0.717, 1.165) is 11.1 Å². The molecule has 0 radical (unpaired) electrons. The minimum atomic E-state index is -0.281. The highest BCUT2D eigenvalue weighted by Gasteiger charge is 2.10. The van der Waals surface area contributed by atoms with Crippen LogP contribution in [0.4, 0.5) is 5.69 Å². The van der Waals surface area contributed by atoms with Crippen molar-refractivity contribution in [2.45, 2.75) is 6.92 Å². The van der Waals surface area contributed by atoms with Crippen molar-refractivity contribution in [1.82, 2.24) is 0 Å². The number of amides is 1. The van der Waals surface area contributed by atoms with Gasteiger partial charge in [-0.25, -0.2) is 0 Å². The van der Waals surface area contributed by atoms with E-state index in [2.05, 4.69) is 5.32 Å². The number of halogens is 1. The van der Waals surface area contributed by atoms with Crippen molar-refractivity contribution in [1.29, 1.82) is 0 Å². The molecule has 0 saturated carbocycles. The van der Waals surface area contributed by atoms with E-state index in [1.165, 1.54) is 6.07 Å². The molecule has 4 aromatic rings. The van der Waals surface area contributed by atoms with Crippen molar-refractivity contribution in [3.63, 3.8) is 0 Å². The third kappa shape index (κ3) is 3.68. The molecule has 1 aromatic heterocycles. The van der Waals surface area contributed by atoms with Gasteiger partial charge in [-0.1, -0.05) is 35.4 Å². The quantitative estimate of drug-likeness (QED) is 0.490. The molecule has 0 saturated heterocycles. The molecule has 0 fully saturated rings. The van der Waals surface area contributed by atoms with Crippen LogP contribution < -0.4 is 10.7 Å². The van der Waals surface area contributed by atoms with E-state index in [4.69, 9.17) is 16.0 Å². The van der Waals surface area contributed by atoms with E-state index >= 15 is 0 Å². The number of benzene rings is 3. The second-order valence-electron chi connectivity index (χ2n) is 6.52. The number of anilines is 1. The Kier molecular flexibility index (Phi) is 4.72. The molecule has 3 aromatic carbocycles. The van der Waals surface area contributed by atoms with Crippen LogP contribution in [-0.4, -0.2) is 5.91 Å². The molecule has 0 unspecified atom stereocenters. The Labute approximate surface area is 166 Å². The smallest absolute Gasteiger partial charge is 0.255 e. The molecule has 1 heterocycles. The number of carbonyl (C=O) groups is 1. The fourth-order valence-electron chi connectivity index (χ4n) is 2.98. The third-order valence-corrected chi connectivity index (χ3v) is 4.65. The Morgan fingerprint density at radius 3 is 2.50 bits per heavy atom. The lowest BCUT2D eigenvalue weighted by atomic mass is 10.1. The van der Waals surface area contributed by atoms with Gasteiger partial charge < -0.3 is 9.73 Å². The van der Waals surface area contributed by atoms with Crippen LogP contribution in [0.1, 0.15) is 15.9 Å². The van der Waals surface area contributed by atoms with Crippen molar-refractivity contribution >= 4 is 34.2 Å². The van der Waals surface area contributed by atoms with Crippen LogP contribution in [0.25, 0.3) is 22.3 Å². The van der Waals surface area contributed by atoms with E-state index in [-0.39, 0.29) is 11.3 Å². The van der Waals surface area contributed by atoms with Crippen molar-refractivity contribution < 1.29 is 9.21 Å². The van der Waals surface area contributed by atoms with Gasteiger partial charge in [0.2, 0.25) is 0 Å². The Morgan fingerprint density at radius 1 is 0.964 bits per heavy atom. The minimum Gasteiger partial charge on any atom is -0.456 e. The van der Waals surface area contributed by atoms with Crippen molar-refractivity contribution in [2.24, 2.45) is 0 Å². The zero-order valence-electron chi connectivity index (χ0n) is 15.0. The minimum absolute atomic E-state index is 0.166. The van der Waals surface area contributed by atoms with Crippen LogP contribution in [0.5, 0.6) is 0 Å². The molecule has 138 valence electrons. The van der Waals surface area contributed by atoms with E-state index in [1.54, 1.807) is 42.5 Å². The summed E-state index contributed by atoms with van der Waals surface area (Å²) in [6.07, 6.45) is 0. The average molecular weight is 390 g/mol. The first-order valence-corrected chi connectivity index (χ1v) is 9.09. The highest BCUT2D eigenvalue weighted by atomic mass is 35.5. The number of nitrogens with one attached hydrogen (secondary N) is 1. The van der Waals surface area contributed by atoms with Crippen LogP contribution in [0, 0.1) is 6.92 Å². The monoisotopic (exact) mass is 389 g/mol. The normalized spacial score (nSPS) is 10.8. The van der Waals surface area contributed by atoms with Crippen molar-refractivity contribution in [2.75, 3.05) is 5.32 Å². The van der Waals surface area contributed by atoms with Gasteiger partial charge in [-0.15, -0.1) is 0 Å². The van der Waals surface area contributed by atoms with Gasteiger partial charge in [-0.3, -0.25) is 9.59 Å². The predicted molar refractivity (Wildman–Crippen MR) is 112 cm³/mol. The van der Waals surface area contributed by atoms with Gasteiger partial charge in [-0.2, -0.15) is 0 Å². The maximum absolute atomic E-state index is 12.6. The number of aryl methyl sites for hydroxylation is 1. The summed E-state index contributed by atoms with van der Waals surface area (Å²) in [5.41, 5.74) is 3.22. The molecule has 1 N–H and O–H groups in total. The van der Waals surface area contributed by atoms with Crippen LogP contribution in [0.2, 0.25) is 5.02 Å². The molecule has 0 aliphatic heterocycles. The number of carbonyl (C=O) groups excluding carboxylic acids is 1. The maximum atomic E-state index is 12.6. The maximum Gasteiger partial charge on any atom is 0.255 e. The second kappa shape index (κ2) is 7.33. The van der Waals surface area contributed by atoms with E-state index in [0.29, 0.717) is 33.0 Å².